The number of hydrogen-bond donors (Lipinski definition) is 1. The van der Waals surface area contributed by atoms with Crippen molar-refractivity contribution in [2.45, 2.75) is 26.2 Å². The third-order valence-corrected chi connectivity index (χ3v) is 3.41. The summed E-state index contributed by atoms with van der Waals surface area (Å²) in [7, 11) is 1.70. The van der Waals surface area contributed by atoms with Gasteiger partial charge >= 0.3 is 0 Å². The summed E-state index contributed by atoms with van der Waals surface area (Å²) in [4.78, 5) is 0. The van der Waals surface area contributed by atoms with E-state index in [4.69, 9.17) is 16.3 Å². The Morgan fingerprint density at radius 2 is 2.21 bits per heavy atom. The zero-order valence-corrected chi connectivity index (χ0v) is 12.5. The van der Waals surface area contributed by atoms with Crippen LogP contribution in [0, 0.1) is 11.7 Å². The molecule has 0 spiro atoms. The van der Waals surface area contributed by atoms with Crippen molar-refractivity contribution < 1.29 is 9.13 Å². The van der Waals surface area contributed by atoms with E-state index in [-0.39, 0.29) is 10.8 Å². The molecule has 0 heterocycles. The Balaban J connectivity index is 2.49. The summed E-state index contributed by atoms with van der Waals surface area (Å²) in [6.07, 6.45) is 3.22. The lowest BCUT2D eigenvalue weighted by atomic mass is 9.95. The molecule has 1 aromatic rings. The van der Waals surface area contributed by atoms with Crippen LogP contribution in [0.4, 0.5) is 4.39 Å². The van der Waals surface area contributed by atoms with E-state index in [0.29, 0.717) is 5.92 Å². The first-order valence-electron chi connectivity index (χ1n) is 6.81. The van der Waals surface area contributed by atoms with Crippen molar-refractivity contribution in [3.05, 3.63) is 34.6 Å². The first-order valence-corrected chi connectivity index (χ1v) is 7.18. The van der Waals surface area contributed by atoms with Crippen LogP contribution in [0.2, 0.25) is 5.02 Å². The fourth-order valence-corrected chi connectivity index (χ4v) is 2.37. The summed E-state index contributed by atoms with van der Waals surface area (Å²) >= 11 is 5.81. The highest BCUT2D eigenvalue weighted by Gasteiger charge is 2.10. The van der Waals surface area contributed by atoms with Crippen molar-refractivity contribution in [3.8, 4) is 0 Å². The highest BCUT2D eigenvalue weighted by Crippen LogP contribution is 2.20. The van der Waals surface area contributed by atoms with Crippen molar-refractivity contribution >= 4 is 11.6 Å². The van der Waals surface area contributed by atoms with Crippen LogP contribution in [0.3, 0.4) is 0 Å². The minimum absolute atomic E-state index is 0.208. The van der Waals surface area contributed by atoms with Crippen LogP contribution in [0.1, 0.15) is 25.3 Å². The molecule has 2 nitrogen and oxygen atoms in total. The highest BCUT2D eigenvalue weighted by atomic mass is 35.5. The van der Waals surface area contributed by atoms with Crippen molar-refractivity contribution in [2.75, 3.05) is 26.8 Å². The molecule has 0 amide bonds. The minimum atomic E-state index is -0.351. The molecule has 0 radical (unpaired) electrons. The molecule has 0 saturated carbocycles. The maximum atomic E-state index is 13.1. The van der Waals surface area contributed by atoms with E-state index in [0.717, 1.165) is 44.5 Å². The molecule has 19 heavy (non-hydrogen) atoms. The number of halogens is 2. The highest BCUT2D eigenvalue weighted by molar-refractivity contribution is 6.30. The summed E-state index contributed by atoms with van der Waals surface area (Å²) < 4.78 is 18.1. The molecule has 0 aliphatic rings. The minimum Gasteiger partial charge on any atom is -0.383 e. The van der Waals surface area contributed by atoms with E-state index in [1.807, 2.05) is 6.07 Å². The molecule has 1 N–H and O–H groups in total. The molecule has 108 valence electrons. The van der Waals surface area contributed by atoms with Gasteiger partial charge in [-0.05, 0) is 43.0 Å². The second-order valence-corrected chi connectivity index (χ2v) is 5.21. The van der Waals surface area contributed by atoms with Gasteiger partial charge in [0, 0.05) is 13.7 Å². The predicted molar refractivity (Wildman–Crippen MR) is 78.3 cm³/mol. The maximum absolute atomic E-state index is 13.1. The molecule has 0 bridgehead atoms. The molecule has 0 aliphatic heterocycles. The third-order valence-electron chi connectivity index (χ3n) is 3.12. The lowest BCUT2D eigenvalue weighted by molar-refractivity contribution is 0.197. The average Bonchev–Trinajstić information content (AvgIpc) is 2.39. The summed E-state index contributed by atoms with van der Waals surface area (Å²) in [5.41, 5.74) is 1.10. The van der Waals surface area contributed by atoms with Gasteiger partial charge in [0.15, 0.2) is 0 Å². The lowest BCUT2D eigenvalue weighted by Gasteiger charge is -2.17. The van der Waals surface area contributed by atoms with Gasteiger partial charge in [-0.25, -0.2) is 4.39 Å². The number of ether oxygens (including phenoxy) is 1. The van der Waals surface area contributed by atoms with E-state index < -0.39 is 0 Å². The molecule has 0 aromatic heterocycles. The van der Waals surface area contributed by atoms with Gasteiger partial charge in [0.2, 0.25) is 0 Å². The first-order chi connectivity index (χ1) is 9.17. The number of rotatable bonds is 9. The molecule has 1 atom stereocenters. The monoisotopic (exact) mass is 287 g/mol. The smallest absolute Gasteiger partial charge is 0.141 e. The van der Waals surface area contributed by atoms with Crippen LogP contribution >= 0.6 is 11.6 Å². The van der Waals surface area contributed by atoms with Crippen molar-refractivity contribution in [1.29, 1.82) is 0 Å². The fourth-order valence-electron chi connectivity index (χ4n) is 2.16. The summed E-state index contributed by atoms with van der Waals surface area (Å²) in [6.45, 7) is 4.72. The second-order valence-electron chi connectivity index (χ2n) is 4.80. The van der Waals surface area contributed by atoms with Gasteiger partial charge in [0.25, 0.3) is 0 Å². The SMILES string of the molecule is CCCC(CNCCOC)Cc1ccc(F)c(Cl)c1. The number of benzene rings is 1. The van der Waals surface area contributed by atoms with Crippen LogP contribution in [0.5, 0.6) is 0 Å². The van der Waals surface area contributed by atoms with Crippen molar-refractivity contribution in [1.82, 2.24) is 5.32 Å². The number of nitrogens with one attached hydrogen (secondary N) is 1. The van der Waals surface area contributed by atoms with E-state index in [2.05, 4.69) is 12.2 Å². The Bertz CT molecular complexity index is 373. The Morgan fingerprint density at radius 1 is 1.42 bits per heavy atom. The molecule has 1 aromatic carbocycles. The molecule has 0 aliphatic carbocycles. The quantitative estimate of drug-likeness (QED) is 0.700. The van der Waals surface area contributed by atoms with E-state index in [1.54, 1.807) is 13.2 Å². The van der Waals surface area contributed by atoms with Crippen LogP contribution < -0.4 is 5.32 Å². The second kappa shape index (κ2) is 9.29. The summed E-state index contributed by atoms with van der Waals surface area (Å²) in [5, 5.41) is 3.59. The largest absolute Gasteiger partial charge is 0.383 e. The van der Waals surface area contributed by atoms with E-state index in [1.165, 1.54) is 6.07 Å². The topological polar surface area (TPSA) is 21.3 Å². The summed E-state index contributed by atoms with van der Waals surface area (Å²) in [6, 6.07) is 4.99. The van der Waals surface area contributed by atoms with Gasteiger partial charge in [0.1, 0.15) is 5.82 Å². The van der Waals surface area contributed by atoms with Gasteiger partial charge in [-0.2, -0.15) is 0 Å². The Labute approximate surface area is 120 Å². The maximum Gasteiger partial charge on any atom is 0.141 e. The predicted octanol–water partition coefficient (Wildman–Crippen LogP) is 3.67. The molecule has 4 heteroatoms. The van der Waals surface area contributed by atoms with Gasteiger partial charge in [0.05, 0.1) is 11.6 Å². The standard InChI is InChI=1S/C15H23ClFNO/c1-3-4-13(11-18-7-8-19-2)9-12-5-6-15(17)14(16)10-12/h5-6,10,13,18H,3-4,7-9,11H2,1-2H3. The van der Waals surface area contributed by atoms with E-state index >= 15 is 0 Å². The fraction of sp³-hybridized carbons (Fsp3) is 0.600. The van der Waals surface area contributed by atoms with Gasteiger partial charge in [-0.3, -0.25) is 0 Å². The third kappa shape index (κ3) is 6.37. The van der Waals surface area contributed by atoms with Crippen molar-refractivity contribution in [2.24, 2.45) is 5.92 Å². The number of methoxy groups -OCH3 is 1. The molecular weight excluding hydrogens is 265 g/mol. The Morgan fingerprint density at radius 3 is 2.84 bits per heavy atom. The normalized spacial score (nSPS) is 12.6. The molecular formula is C15H23ClFNO. The average molecular weight is 288 g/mol. The van der Waals surface area contributed by atoms with Crippen LogP contribution in [0.15, 0.2) is 18.2 Å². The summed E-state index contributed by atoms with van der Waals surface area (Å²) in [5.74, 6) is 0.194. The molecule has 0 saturated heterocycles. The van der Waals surface area contributed by atoms with E-state index in [9.17, 15) is 4.39 Å². The van der Waals surface area contributed by atoms with Crippen LogP contribution in [-0.2, 0) is 11.2 Å². The lowest BCUT2D eigenvalue weighted by Crippen LogP contribution is -2.27. The Hall–Kier alpha value is -0.640. The van der Waals surface area contributed by atoms with Crippen molar-refractivity contribution in [3.63, 3.8) is 0 Å². The van der Waals surface area contributed by atoms with Crippen LogP contribution in [-0.4, -0.2) is 26.8 Å². The molecule has 1 rings (SSSR count). The zero-order valence-electron chi connectivity index (χ0n) is 11.7. The van der Waals surface area contributed by atoms with Gasteiger partial charge < -0.3 is 10.1 Å². The van der Waals surface area contributed by atoms with Crippen LogP contribution in [0.25, 0.3) is 0 Å². The molecule has 0 fully saturated rings. The first kappa shape index (κ1) is 16.4. The Kier molecular flexibility index (Phi) is 8.03. The van der Waals surface area contributed by atoms with Gasteiger partial charge in [-0.1, -0.05) is 31.0 Å². The number of hydrogen-bond acceptors (Lipinski definition) is 2. The van der Waals surface area contributed by atoms with Gasteiger partial charge in [-0.15, -0.1) is 0 Å². The molecule has 1 unspecified atom stereocenters. The zero-order chi connectivity index (χ0) is 14.1.